The van der Waals surface area contributed by atoms with Gasteiger partial charge in [0.15, 0.2) is 23.9 Å². The van der Waals surface area contributed by atoms with Crippen LogP contribution < -0.4 is 28.7 Å². The Morgan fingerprint density at radius 2 is 0.759 bits per heavy atom. The van der Waals surface area contributed by atoms with Crippen LogP contribution in [0.1, 0.15) is 96.8 Å². The number of thiazole rings is 3. The zero-order valence-corrected chi connectivity index (χ0v) is 86.0. The predicted molar refractivity (Wildman–Crippen MR) is 566 cm³/mol. The Morgan fingerprint density at radius 3 is 1.12 bits per heavy atom. The van der Waals surface area contributed by atoms with Gasteiger partial charge in [-0.2, -0.15) is 0 Å². The quantitative estimate of drug-likeness (QED) is 0.0265. The molecule has 17 aromatic heterocycles. The first-order valence-corrected chi connectivity index (χ1v) is 56.3. The molecule has 3 aromatic carbocycles. The minimum absolute atomic E-state index is 0.0135. The Bertz CT molecular complexity index is 7800. The molecule has 0 aliphatic rings. The molecule has 20 aromatic rings. The third-order valence-corrected chi connectivity index (χ3v) is 38.8. The first-order chi connectivity index (χ1) is 66.3. The van der Waals surface area contributed by atoms with E-state index >= 15 is 0 Å². The summed E-state index contributed by atoms with van der Waals surface area (Å²) in [6, 6.07) is 32.2. The smallest absolute Gasteiger partial charge is 0.335 e. The van der Waals surface area contributed by atoms with Gasteiger partial charge < -0.3 is 51.9 Å². The molecule has 0 aliphatic carbocycles. The molecule has 43 heteroatoms. The molecular weight excluding hydrogens is 1980 g/mol. The maximum Gasteiger partial charge on any atom is 0.335 e. The fourth-order valence-electron chi connectivity index (χ4n) is 14.5. The summed E-state index contributed by atoms with van der Waals surface area (Å²) in [6.07, 6.45) is 25.4. The van der Waals surface area contributed by atoms with Gasteiger partial charge in [0.05, 0.1) is 110 Å². The number of rotatable bonds is 28. The van der Waals surface area contributed by atoms with Crippen LogP contribution in [-0.2, 0) is 75.1 Å². The number of nitrogen functional groups attached to an aromatic ring is 5. The van der Waals surface area contributed by atoms with E-state index in [1.54, 1.807) is 61.4 Å². The molecule has 30 nitrogen and oxygen atoms in total. The number of fused-ring (bicyclic) bond motifs is 5. The lowest BCUT2D eigenvalue weighted by Gasteiger charge is -2.08. The molecule has 0 aliphatic heterocycles. The maximum absolute atomic E-state index is 12.8. The van der Waals surface area contributed by atoms with Crippen LogP contribution in [0.2, 0.25) is 0 Å². The van der Waals surface area contributed by atoms with Gasteiger partial charge in [0.1, 0.15) is 101 Å². The number of aryl methyl sites for hydroxylation is 3. The fourth-order valence-corrected chi connectivity index (χ4v) is 29.9. The van der Waals surface area contributed by atoms with Gasteiger partial charge in [0.2, 0.25) is 0 Å². The van der Waals surface area contributed by atoms with Crippen molar-refractivity contribution in [2.45, 2.75) is 113 Å². The zero-order valence-electron chi connectivity index (χ0n) is 75.4. The van der Waals surface area contributed by atoms with E-state index < -0.39 is 60.0 Å². The summed E-state index contributed by atoms with van der Waals surface area (Å²) in [4.78, 5) is 78.6. The van der Waals surface area contributed by atoms with E-state index in [1.807, 2.05) is 169 Å². The van der Waals surface area contributed by atoms with E-state index in [1.165, 1.54) is 103 Å². The number of anilines is 5. The Labute approximate surface area is 831 Å². The van der Waals surface area contributed by atoms with Crippen LogP contribution in [0.3, 0.4) is 0 Å². The number of nitrogens with zero attached hydrogens (tertiary/aromatic N) is 17. The van der Waals surface area contributed by atoms with Gasteiger partial charge in [-0.05, 0) is 67.1 Å². The van der Waals surface area contributed by atoms with Crippen LogP contribution >= 0.6 is 90.7 Å². The van der Waals surface area contributed by atoms with Gasteiger partial charge in [-0.15, -0.1) is 90.7 Å². The number of nitrogens with two attached hydrogens (primary N) is 5. The molecular formula is C94H92N22O8S13. The van der Waals surface area contributed by atoms with Crippen molar-refractivity contribution >= 4 is 230 Å². The average Bonchev–Trinajstić information content (AvgIpc) is 1.64. The standard InChI is InChI=1S/C21H19N3O3S3.C20H21N5OS2.C19H18N4O2S2.2C17H17N5OS3/c1-2-3-10-30(27)21-17(22)16-14(12-4-6-13(7-5-12)20(25)26)11-15(24-19(16)29-21)18-23-8-9-28-18;1-3-4-12-28(26)20-15(21)14-16(13-8-6-5-7-9-13)23-17(24-19(14)27-20)18-22-10-11-25(18)2;1-2-3-9-27(24)19-15(20)14-16(12-7-5-4-6-8-12)22-17(23-18(14)26-19)13-10-25-11-21-13;1-9(2)26(23)17-13(18)12-10(14-19-4-6-22(14)3)8-11(21-16(12)25-17)15-20-5-7-24-15;1-3-8-26(23)17-13(18)12-10(14-19-4-6-22(14)2)9-11(21-16(12)25-17)15-20-5-7-24-15/h4-9,11H,2-3,10,22H2,1H3,(H,25,26);5-11H,3-4,12,21H2,1-2H3;4-8,10-11H,2-3,9,20H2,1H3;4-9H,18H2,1-3H3;4-7,9H,3,8,18H2,1-2H3. The second-order valence-corrected chi connectivity index (χ2v) is 48.0. The highest BCUT2D eigenvalue weighted by molar-refractivity contribution is 7.89. The minimum atomic E-state index is -1.18. The van der Waals surface area contributed by atoms with Crippen LogP contribution in [0.5, 0.6) is 0 Å². The van der Waals surface area contributed by atoms with Crippen molar-refractivity contribution in [1.29, 1.82) is 0 Å². The number of carboxylic acid groups (broad SMARTS) is 1. The third-order valence-electron chi connectivity index (χ3n) is 21.3. The lowest BCUT2D eigenvalue weighted by Crippen LogP contribution is -2.06. The number of unbranched alkanes of at least 4 members (excludes halogenated alkanes) is 3. The number of aromatic carboxylic acids is 1. The second-order valence-electron chi connectivity index (χ2n) is 31.1. The Morgan fingerprint density at radius 1 is 0.394 bits per heavy atom. The van der Waals surface area contributed by atoms with E-state index in [0.29, 0.717) is 117 Å². The molecule has 0 saturated heterocycles. The van der Waals surface area contributed by atoms with Gasteiger partial charge >= 0.3 is 5.97 Å². The van der Waals surface area contributed by atoms with Crippen LogP contribution in [-0.4, -0.2) is 144 Å². The van der Waals surface area contributed by atoms with Crippen molar-refractivity contribution in [2.24, 2.45) is 21.1 Å². The summed E-state index contributed by atoms with van der Waals surface area (Å²) >= 11 is 11.5. The van der Waals surface area contributed by atoms with E-state index in [4.69, 9.17) is 63.0 Å². The summed E-state index contributed by atoms with van der Waals surface area (Å²) < 4.78 is 77.8. The topological polar surface area (TPSA) is 461 Å². The number of thiophene rings is 5. The molecule has 17 heterocycles. The molecule has 137 heavy (non-hydrogen) atoms. The van der Waals surface area contributed by atoms with Crippen molar-refractivity contribution in [3.8, 4) is 112 Å². The molecule has 0 radical (unpaired) electrons. The number of hydrogen-bond acceptors (Lipinski definition) is 34. The minimum Gasteiger partial charge on any atom is -0.478 e. The van der Waals surface area contributed by atoms with Crippen LogP contribution in [0.4, 0.5) is 28.4 Å². The van der Waals surface area contributed by atoms with Gasteiger partial charge in [-0.25, -0.2) is 74.6 Å². The number of hydrogen-bond donors (Lipinski definition) is 6. The Balaban J connectivity index is 0.000000124. The molecule has 20 rings (SSSR count). The van der Waals surface area contributed by atoms with Crippen molar-refractivity contribution in [2.75, 3.05) is 51.7 Å². The van der Waals surface area contributed by atoms with E-state index in [-0.39, 0.29) is 10.8 Å². The van der Waals surface area contributed by atoms with Crippen LogP contribution in [0.15, 0.2) is 213 Å². The molecule has 0 fully saturated rings. The van der Waals surface area contributed by atoms with E-state index in [2.05, 4.69) is 60.6 Å². The molecule has 11 N–H and O–H groups in total. The number of carboxylic acids is 1. The second kappa shape index (κ2) is 44.2. The number of pyridine rings is 3. The Kier molecular flexibility index (Phi) is 31.7. The van der Waals surface area contributed by atoms with Gasteiger partial charge in [0, 0.05) is 160 Å². The molecule has 0 bridgehead atoms. The van der Waals surface area contributed by atoms with E-state index in [9.17, 15) is 30.9 Å². The van der Waals surface area contributed by atoms with Crippen molar-refractivity contribution in [3.05, 3.63) is 193 Å². The zero-order chi connectivity index (χ0) is 96.4. The lowest BCUT2D eigenvalue weighted by atomic mass is 10.0. The predicted octanol–water partition coefficient (Wildman–Crippen LogP) is 21.9. The third kappa shape index (κ3) is 21.2. The van der Waals surface area contributed by atoms with Gasteiger partial charge in [0.25, 0.3) is 0 Å². The molecule has 0 spiro atoms. The summed E-state index contributed by atoms with van der Waals surface area (Å²) in [7, 11) is 0.0382. The van der Waals surface area contributed by atoms with Crippen molar-refractivity contribution in [1.82, 2.24) is 83.5 Å². The van der Waals surface area contributed by atoms with Crippen LogP contribution in [0.25, 0.3) is 163 Å². The normalized spacial score (nSPS) is 12.6. The average molecular weight is 2070 g/mol. The number of oxazole rings is 1. The Hall–Kier alpha value is -12.0. The monoisotopic (exact) mass is 2070 g/mol. The molecule has 704 valence electrons. The van der Waals surface area contributed by atoms with E-state index in [0.717, 1.165) is 164 Å². The number of imidazole rings is 3. The molecule has 0 amide bonds. The lowest BCUT2D eigenvalue weighted by molar-refractivity contribution is 0.0696. The van der Waals surface area contributed by atoms with Gasteiger partial charge in [-0.1, -0.05) is 134 Å². The number of aromatic nitrogens is 17. The van der Waals surface area contributed by atoms with Crippen molar-refractivity contribution in [3.63, 3.8) is 0 Å². The molecule has 5 atom stereocenters. The highest BCUT2D eigenvalue weighted by atomic mass is 32.2. The SMILES string of the molecule is CC(C)S(=O)c1sc2nc(-c3nccs3)cc(-c3nccn3C)c2c1N.CCCCS(=O)c1sc2nc(-c3cocn3)nc(-c3ccccc3)c2c1N.CCCCS(=O)c1sc2nc(-c3nccn3C)nc(-c3ccccc3)c2c1N.CCCCS(=O)c1sc2nc(-c3nccs3)cc(-c3ccc(C(=O)O)cc3)c2c1N.CCCS(=O)c1sc2nc(-c3nccs3)cc(-c3nccn3C)c2c1N. The summed E-state index contributed by atoms with van der Waals surface area (Å²) in [5.41, 5.74) is 44.6. The maximum atomic E-state index is 12.8. The summed E-state index contributed by atoms with van der Waals surface area (Å²) in [5, 5.41) is 21.3. The van der Waals surface area contributed by atoms with Crippen molar-refractivity contribution < 1.29 is 35.4 Å². The first kappa shape index (κ1) is 98.1. The highest BCUT2D eigenvalue weighted by Gasteiger charge is 2.30. The first-order valence-electron chi connectivity index (χ1n) is 43.1. The summed E-state index contributed by atoms with van der Waals surface area (Å²) in [5.74, 6) is 4.64. The van der Waals surface area contributed by atoms with Gasteiger partial charge in [-0.3, -0.25) is 21.0 Å². The fraction of sp³-hybridized carbons (Fsp3) is 0.223. The number of carbonyl (C=O) groups is 1. The molecule has 5 unspecified atom stereocenters. The van der Waals surface area contributed by atoms with Crippen LogP contribution in [0, 0.1) is 0 Å². The summed E-state index contributed by atoms with van der Waals surface area (Å²) in [6.45, 7) is 12.1. The molecule has 0 saturated carbocycles. The number of benzene rings is 3. The highest BCUT2D eigenvalue weighted by Crippen LogP contribution is 2.49. The largest absolute Gasteiger partial charge is 0.478 e.